The largest absolute Gasteiger partial charge is 0.398 e. The monoisotopic (exact) mass is 169 g/mol. The molecule has 0 aliphatic rings. The van der Waals surface area contributed by atoms with Gasteiger partial charge in [0.1, 0.15) is 0 Å². The van der Waals surface area contributed by atoms with Crippen molar-refractivity contribution in [3.8, 4) is 0 Å². The van der Waals surface area contributed by atoms with Crippen LogP contribution >= 0.6 is 0 Å². The number of nitrogens with two attached hydrogens (primary N) is 2. The number of hydrogen-bond donors (Lipinski definition) is 3. The third-order valence-electron chi connectivity index (χ3n) is 1.92. The fourth-order valence-corrected chi connectivity index (χ4v) is 0.768. The Bertz CT molecular complexity index is 173. The minimum Gasteiger partial charge on any atom is -0.398 e. The average molecular weight is 169 g/mol. The van der Waals surface area contributed by atoms with Crippen molar-refractivity contribution < 1.29 is 0 Å². The number of nitrogens with one attached hydrogen (secondary N) is 1. The molecule has 0 aromatic rings. The molecule has 0 aromatic heterocycles. The molecule has 0 spiro atoms. The van der Waals surface area contributed by atoms with E-state index in [-0.39, 0.29) is 0 Å². The summed E-state index contributed by atoms with van der Waals surface area (Å²) in [6.07, 6.45) is 4.12. The third kappa shape index (κ3) is 4.03. The summed E-state index contributed by atoms with van der Waals surface area (Å²) in [5.41, 5.74) is 9.21. The van der Waals surface area contributed by atoms with Gasteiger partial charge in [-0.05, 0) is 12.3 Å². The van der Waals surface area contributed by atoms with E-state index < -0.39 is 0 Å². The predicted molar refractivity (Wildman–Crippen MR) is 52.8 cm³/mol. The molecule has 1 atom stereocenters. The number of allylic oxidation sites excluding steroid dienone is 1. The molecule has 70 valence electrons. The zero-order valence-electron chi connectivity index (χ0n) is 7.93. The molecule has 0 bridgehead atoms. The van der Waals surface area contributed by atoms with Crippen molar-refractivity contribution in [2.24, 2.45) is 17.5 Å². The summed E-state index contributed by atoms with van der Waals surface area (Å²) < 4.78 is 0. The van der Waals surface area contributed by atoms with Gasteiger partial charge in [0.25, 0.3) is 0 Å². The second kappa shape index (κ2) is 5.66. The molecule has 0 radical (unpaired) electrons. The van der Waals surface area contributed by atoms with E-state index in [0.29, 0.717) is 11.6 Å². The maximum absolute atomic E-state index is 5.47. The molecule has 12 heavy (non-hydrogen) atoms. The normalized spacial score (nSPS) is 14.1. The maximum Gasteiger partial charge on any atom is 0.0669 e. The van der Waals surface area contributed by atoms with Gasteiger partial charge in [0.05, 0.1) is 5.70 Å². The van der Waals surface area contributed by atoms with E-state index in [4.69, 9.17) is 11.6 Å². The van der Waals surface area contributed by atoms with Crippen molar-refractivity contribution in [1.29, 1.82) is 0 Å². The molecule has 0 fully saturated rings. The van der Waals surface area contributed by atoms with Crippen LogP contribution in [-0.2, 0) is 0 Å². The molecular formula is C9H19N3. The highest BCUT2D eigenvalue weighted by Gasteiger charge is 1.98. The topological polar surface area (TPSA) is 64.1 Å². The number of hydrazine groups is 1. The summed E-state index contributed by atoms with van der Waals surface area (Å²) in [7, 11) is 0. The first-order valence-electron chi connectivity index (χ1n) is 4.23. The molecule has 0 saturated heterocycles. The van der Waals surface area contributed by atoms with Gasteiger partial charge in [-0.1, -0.05) is 32.9 Å². The molecule has 0 aromatic carbocycles. The molecule has 0 rings (SSSR count). The Morgan fingerprint density at radius 1 is 1.67 bits per heavy atom. The number of rotatable bonds is 5. The van der Waals surface area contributed by atoms with Gasteiger partial charge < -0.3 is 11.2 Å². The quantitative estimate of drug-likeness (QED) is 0.329. The lowest BCUT2D eigenvalue weighted by Gasteiger charge is -2.08. The van der Waals surface area contributed by atoms with Gasteiger partial charge in [0, 0.05) is 5.70 Å². The lowest BCUT2D eigenvalue weighted by Crippen LogP contribution is -2.24. The van der Waals surface area contributed by atoms with E-state index in [9.17, 15) is 0 Å². The zero-order valence-corrected chi connectivity index (χ0v) is 7.93. The van der Waals surface area contributed by atoms with E-state index in [1.54, 1.807) is 0 Å². The van der Waals surface area contributed by atoms with E-state index in [1.165, 1.54) is 0 Å². The van der Waals surface area contributed by atoms with Crippen LogP contribution in [0, 0.1) is 5.92 Å². The van der Waals surface area contributed by atoms with Crippen LogP contribution in [-0.4, -0.2) is 0 Å². The second-order valence-corrected chi connectivity index (χ2v) is 3.04. The molecule has 3 heteroatoms. The minimum atomic E-state index is 0.487. The standard InChI is InChI=1S/C9H19N3/c1-4-7(2)5-6-9(12-11)8(3)10/h6-7,12H,3-5,10-11H2,1-2H3/b9-6+. The van der Waals surface area contributed by atoms with Crippen LogP contribution in [0.2, 0.25) is 0 Å². The molecule has 0 aliphatic carbocycles. The lowest BCUT2D eigenvalue weighted by atomic mass is 10.0. The van der Waals surface area contributed by atoms with Gasteiger partial charge in [0.15, 0.2) is 0 Å². The van der Waals surface area contributed by atoms with Crippen molar-refractivity contribution in [2.45, 2.75) is 26.7 Å². The SMILES string of the molecule is C=C(N)/C(=C\CC(C)CC)NN. The third-order valence-corrected chi connectivity index (χ3v) is 1.92. The Morgan fingerprint density at radius 3 is 2.58 bits per heavy atom. The summed E-state index contributed by atoms with van der Waals surface area (Å²) in [4.78, 5) is 0. The van der Waals surface area contributed by atoms with E-state index in [2.05, 4.69) is 25.9 Å². The Labute approximate surface area is 74.5 Å². The lowest BCUT2D eigenvalue weighted by molar-refractivity contribution is 0.568. The summed E-state index contributed by atoms with van der Waals surface area (Å²) in [6.45, 7) is 7.94. The molecule has 0 heterocycles. The van der Waals surface area contributed by atoms with Gasteiger partial charge in [-0.2, -0.15) is 0 Å². The Hall–Kier alpha value is -0.960. The fourth-order valence-electron chi connectivity index (χ4n) is 0.768. The van der Waals surface area contributed by atoms with Crippen LogP contribution in [0.5, 0.6) is 0 Å². The highest BCUT2D eigenvalue weighted by molar-refractivity contribution is 5.22. The van der Waals surface area contributed by atoms with Gasteiger partial charge >= 0.3 is 0 Å². The summed E-state index contributed by atoms with van der Waals surface area (Å²) in [6, 6.07) is 0. The van der Waals surface area contributed by atoms with Crippen molar-refractivity contribution in [3.05, 3.63) is 24.0 Å². The Balaban J connectivity index is 4.03. The molecule has 5 N–H and O–H groups in total. The fraction of sp³-hybridized carbons (Fsp3) is 0.556. The minimum absolute atomic E-state index is 0.487. The second-order valence-electron chi connectivity index (χ2n) is 3.04. The molecule has 0 saturated carbocycles. The first kappa shape index (κ1) is 11.0. The highest BCUT2D eigenvalue weighted by Crippen LogP contribution is 2.09. The smallest absolute Gasteiger partial charge is 0.0669 e. The van der Waals surface area contributed by atoms with Crippen LogP contribution in [0.15, 0.2) is 24.0 Å². The van der Waals surface area contributed by atoms with Crippen molar-refractivity contribution in [3.63, 3.8) is 0 Å². The van der Waals surface area contributed by atoms with Crippen molar-refractivity contribution in [2.75, 3.05) is 0 Å². The molecular weight excluding hydrogens is 150 g/mol. The Morgan fingerprint density at radius 2 is 2.25 bits per heavy atom. The summed E-state index contributed by atoms with van der Waals surface area (Å²) in [5, 5.41) is 0. The van der Waals surface area contributed by atoms with Crippen LogP contribution in [0.4, 0.5) is 0 Å². The molecule has 0 aliphatic heterocycles. The summed E-state index contributed by atoms with van der Waals surface area (Å²) >= 11 is 0. The number of hydrogen-bond acceptors (Lipinski definition) is 3. The molecule has 1 unspecified atom stereocenters. The van der Waals surface area contributed by atoms with Gasteiger partial charge in [-0.25, -0.2) is 0 Å². The predicted octanol–water partition coefficient (Wildman–Crippen LogP) is 1.24. The molecule has 3 nitrogen and oxygen atoms in total. The van der Waals surface area contributed by atoms with Crippen molar-refractivity contribution in [1.82, 2.24) is 5.43 Å². The van der Waals surface area contributed by atoms with Crippen LogP contribution in [0.1, 0.15) is 26.7 Å². The maximum atomic E-state index is 5.47. The van der Waals surface area contributed by atoms with Crippen LogP contribution < -0.4 is 17.0 Å². The molecule has 0 amide bonds. The Kier molecular flexibility index (Phi) is 5.21. The van der Waals surface area contributed by atoms with Crippen LogP contribution in [0.3, 0.4) is 0 Å². The van der Waals surface area contributed by atoms with Gasteiger partial charge in [-0.15, -0.1) is 0 Å². The van der Waals surface area contributed by atoms with Crippen LogP contribution in [0.25, 0.3) is 0 Å². The van der Waals surface area contributed by atoms with Gasteiger partial charge in [-0.3, -0.25) is 5.84 Å². The zero-order chi connectivity index (χ0) is 9.56. The summed E-state index contributed by atoms with van der Waals surface area (Å²) in [5.74, 6) is 5.90. The first-order chi connectivity index (χ1) is 5.61. The van der Waals surface area contributed by atoms with Gasteiger partial charge in [0.2, 0.25) is 0 Å². The highest BCUT2D eigenvalue weighted by atomic mass is 15.2. The van der Waals surface area contributed by atoms with E-state index in [0.717, 1.165) is 18.5 Å². The van der Waals surface area contributed by atoms with E-state index in [1.807, 2.05) is 6.08 Å². The van der Waals surface area contributed by atoms with Crippen molar-refractivity contribution >= 4 is 0 Å². The average Bonchev–Trinajstić information content (AvgIpc) is 2.04. The first-order valence-corrected chi connectivity index (χ1v) is 4.23. The van der Waals surface area contributed by atoms with E-state index >= 15 is 0 Å².